The lowest BCUT2D eigenvalue weighted by molar-refractivity contribution is 0.222. The van der Waals surface area contributed by atoms with E-state index in [9.17, 15) is 4.79 Å². The van der Waals surface area contributed by atoms with Crippen LogP contribution in [-0.4, -0.2) is 44.2 Å². The monoisotopic (exact) mass is 298 g/mol. The molecule has 1 aromatic heterocycles. The summed E-state index contributed by atoms with van der Waals surface area (Å²) in [6.07, 6.45) is 4.43. The average Bonchev–Trinajstić information content (AvgIpc) is 3.05. The van der Waals surface area contributed by atoms with Crippen molar-refractivity contribution in [3.63, 3.8) is 0 Å². The lowest BCUT2D eigenvalue weighted by Crippen LogP contribution is -2.32. The molecule has 2 fully saturated rings. The van der Waals surface area contributed by atoms with Gasteiger partial charge < -0.3 is 10.2 Å². The quantitative estimate of drug-likeness (QED) is 0.943. The number of carbonyl (C=O) groups is 1. The Balaban J connectivity index is 1.55. The molecule has 0 radical (unpaired) electrons. The van der Waals surface area contributed by atoms with E-state index in [0.29, 0.717) is 6.04 Å². The third-order valence-electron chi connectivity index (χ3n) is 4.15. The molecule has 4 rings (SSSR count). The SMILES string of the molecule is O=C(Nc1cccc(-c2nnnn2C2CC2)c1)N1CCCC1. The Morgan fingerprint density at radius 3 is 2.82 bits per heavy atom. The van der Waals surface area contributed by atoms with E-state index < -0.39 is 0 Å². The number of benzene rings is 1. The predicted molar refractivity (Wildman–Crippen MR) is 81.3 cm³/mol. The van der Waals surface area contributed by atoms with Crippen LogP contribution in [0.25, 0.3) is 11.4 Å². The van der Waals surface area contributed by atoms with E-state index in [0.717, 1.165) is 55.8 Å². The summed E-state index contributed by atoms with van der Waals surface area (Å²) in [6, 6.07) is 8.10. The zero-order valence-electron chi connectivity index (χ0n) is 12.3. The molecule has 1 aliphatic carbocycles. The largest absolute Gasteiger partial charge is 0.325 e. The van der Waals surface area contributed by atoms with Crippen molar-refractivity contribution in [1.82, 2.24) is 25.1 Å². The van der Waals surface area contributed by atoms with Crippen LogP contribution in [0.5, 0.6) is 0 Å². The number of hydrogen-bond acceptors (Lipinski definition) is 4. The second kappa shape index (κ2) is 5.40. The molecule has 0 bridgehead atoms. The number of rotatable bonds is 3. The molecule has 1 saturated carbocycles. The first kappa shape index (κ1) is 13.2. The molecule has 22 heavy (non-hydrogen) atoms. The van der Waals surface area contributed by atoms with Crippen LogP contribution < -0.4 is 5.32 Å². The van der Waals surface area contributed by atoms with E-state index in [1.54, 1.807) is 0 Å². The van der Waals surface area contributed by atoms with Crippen LogP contribution in [0.1, 0.15) is 31.7 Å². The molecule has 2 amide bonds. The van der Waals surface area contributed by atoms with Crippen LogP contribution in [0.15, 0.2) is 24.3 Å². The summed E-state index contributed by atoms with van der Waals surface area (Å²) in [7, 11) is 0. The molecule has 2 aromatic rings. The van der Waals surface area contributed by atoms with Gasteiger partial charge in [0.2, 0.25) is 0 Å². The highest BCUT2D eigenvalue weighted by Gasteiger charge is 2.28. The predicted octanol–water partition coefficient (Wildman–Crippen LogP) is 2.30. The number of urea groups is 1. The second-order valence-electron chi connectivity index (χ2n) is 5.88. The molecule has 0 spiro atoms. The van der Waals surface area contributed by atoms with Crippen molar-refractivity contribution in [1.29, 1.82) is 0 Å². The smallest absolute Gasteiger partial charge is 0.321 e. The van der Waals surface area contributed by atoms with Crippen LogP contribution in [0, 0.1) is 0 Å². The number of nitrogens with one attached hydrogen (secondary N) is 1. The van der Waals surface area contributed by atoms with Crippen LogP contribution in [0.3, 0.4) is 0 Å². The standard InChI is InChI=1S/C15H18N6O/c22-15(20-8-1-2-9-20)16-12-5-3-4-11(10-12)14-17-18-19-21(14)13-6-7-13/h3-5,10,13H,1-2,6-9H2,(H,16,22). The highest BCUT2D eigenvalue weighted by atomic mass is 16.2. The summed E-state index contributed by atoms with van der Waals surface area (Å²) < 4.78 is 1.88. The fraction of sp³-hybridized carbons (Fsp3) is 0.467. The van der Waals surface area contributed by atoms with E-state index in [2.05, 4.69) is 20.8 Å². The van der Waals surface area contributed by atoms with Gasteiger partial charge in [0.25, 0.3) is 0 Å². The van der Waals surface area contributed by atoms with Crippen LogP contribution >= 0.6 is 0 Å². The Hall–Kier alpha value is -2.44. The number of carbonyl (C=O) groups excluding carboxylic acids is 1. The number of nitrogens with zero attached hydrogens (tertiary/aromatic N) is 5. The molecule has 114 valence electrons. The number of anilines is 1. The lowest BCUT2D eigenvalue weighted by atomic mass is 10.2. The summed E-state index contributed by atoms with van der Waals surface area (Å²) in [4.78, 5) is 14.0. The maximum absolute atomic E-state index is 12.2. The van der Waals surface area contributed by atoms with E-state index in [1.165, 1.54) is 0 Å². The molecule has 1 saturated heterocycles. The second-order valence-corrected chi connectivity index (χ2v) is 5.88. The van der Waals surface area contributed by atoms with E-state index >= 15 is 0 Å². The number of tetrazole rings is 1. The van der Waals surface area contributed by atoms with Crippen molar-refractivity contribution < 1.29 is 4.79 Å². The molecular weight excluding hydrogens is 280 g/mol. The van der Waals surface area contributed by atoms with Gasteiger partial charge in [-0.2, -0.15) is 0 Å². The molecule has 0 unspecified atom stereocenters. The Morgan fingerprint density at radius 2 is 2.05 bits per heavy atom. The van der Waals surface area contributed by atoms with Crippen LogP contribution in [-0.2, 0) is 0 Å². The van der Waals surface area contributed by atoms with E-state index in [4.69, 9.17) is 0 Å². The van der Waals surface area contributed by atoms with Crippen LogP contribution in [0.2, 0.25) is 0 Å². The zero-order valence-corrected chi connectivity index (χ0v) is 12.3. The minimum absolute atomic E-state index is 0.0311. The summed E-state index contributed by atoms with van der Waals surface area (Å²) in [5.74, 6) is 0.764. The Morgan fingerprint density at radius 1 is 1.23 bits per heavy atom. The van der Waals surface area contributed by atoms with Gasteiger partial charge in [-0.05, 0) is 48.2 Å². The van der Waals surface area contributed by atoms with E-state index in [-0.39, 0.29) is 6.03 Å². The Bertz CT molecular complexity index is 687. The lowest BCUT2D eigenvalue weighted by Gasteiger charge is -2.16. The van der Waals surface area contributed by atoms with Crippen molar-refractivity contribution in [2.45, 2.75) is 31.7 Å². The first-order valence-corrected chi connectivity index (χ1v) is 7.75. The maximum atomic E-state index is 12.2. The number of hydrogen-bond donors (Lipinski definition) is 1. The normalized spacial score (nSPS) is 17.7. The van der Waals surface area contributed by atoms with Crippen molar-refractivity contribution in [3.8, 4) is 11.4 Å². The summed E-state index contributed by atoms with van der Waals surface area (Å²) in [6.45, 7) is 1.68. The van der Waals surface area contributed by atoms with Gasteiger partial charge in [-0.15, -0.1) is 5.10 Å². The molecular formula is C15H18N6O. The van der Waals surface area contributed by atoms with Gasteiger partial charge in [0.15, 0.2) is 5.82 Å². The van der Waals surface area contributed by atoms with Gasteiger partial charge in [-0.3, -0.25) is 0 Å². The number of amides is 2. The molecule has 0 atom stereocenters. The molecule has 2 heterocycles. The molecule has 1 N–H and O–H groups in total. The maximum Gasteiger partial charge on any atom is 0.321 e. The number of likely N-dealkylation sites (tertiary alicyclic amines) is 1. The third-order valence-corrected chi connectivity index (χ3v) is 4.15. The molecule has 7 heteroatoms. The molecule has 2 aliphatic rings. The summed E-state index contributed by atoms with van der Waals surface area (Å²) in [5, 5.41) is 14.9. The summed E-state index contributed by atoms with van der Waals surface area (Å²) >= 11 is 0. The van der Waals surface area contributed by atoms with Crippen molar-refractivity contribution in [2.75, 3.05) is 18.4 Å². The topological polar surface area (TPSA) is 75.9 Å². The fourth-order valence-corrected chi connectivity index (χ4v) is 2.81. The van der Waals surface area contributed by atoms with Gasteiger partial charge in [0.05, 0.1) is 6.04 Å². The molecule has 7 nitrogen and oxygen atoms in total. The first-order chi connectivity index (χ1) is 10.8. The Labute approximate surface area is 128 Å². The highest BCUT2D eigenvalue weighted by molar-refractivity contribution is 5.90. The van der Waals surface area contributed by atoms with Crippen LogP contribution in [0.4, 0.5) is 10.5 Å². The highest BCUT2D eigenvalue weighted by Crippen LogP contribution is 2.36. The minimum atomic E-state index is -0.0311. The Kier molecular flexibility index (Phi) is 3.25. The first-order valence-electron chi connectivity index (χ1n) is 7.75. The van der Waals surface area contributed by atoms with Crippen molar-refractivity contribution in [2.24, 2.45) is 0 Å². The minimum Gasteiger partial charge on any atom is -0.325 e. The number of aromatic nitrogens is 4. The fourth-order valence-electron chi connectivity index (χ4n) is 2.81. The van der Waals surface area contributed by atoms with Gasteiger partial charge in [-0.1, -0.05) is 12.1 Å². The zero-order chi connectivity index (χ0) is 14.9. The molecule has 1 aliphatic heterocycles. The molecule has 1 aromatic carbocycles. The summed E-state index contributed by atoms with van der Waals surface area (Å²) in [5.41, 5.74) is 1.70. The van der Waals surface area contributed by atoms with E-state index in [1.807, 2.05) is 33.8 Å². The van der Waals surface area contributed by atoms with Gasteiger partial charge in [-0.25, -0.2) is 9.48 Å². The van der Waals surface area contributed by atoms with Crippen molar-refractivity contribution in [3.05, 3.63) is 24.3 Å². The van der Waals surface area contributed by atoms with Gasteiger partial charge in [0, 0.05) is 24.3 Å². The third kappa shape index (κ3) is 2.54. The average molecular weight is 298 g/mol. The van der Waals surface area contributed by atoms with Gasteiger partial charge >= 0.3 is 6.03 Å². The van der Waals surface area contributed by atoms with Crippen molar-refractivity contribution >= 4 is 11.7 Å². The van der Waals surface area contributed by atoms with Gasteiger partial charge in [0.1, 0.15) is 0 Å².